The highest BCUT2D eigenvalue weighted by atomic mass is 35.5. The molecule has 1 aliphatic heterocycles. The predicted octanol–water partition coefficient (Wildman–Crippen LogP) is 5.98. The molecule has 0 radical (unpaired) electrons. The van der Waals surface area contributed by atoms with E-state index in [0.29, 0.717) is 21.9 Å². The first-order valence-corrected chi connectivity index (χ1v) is 15.3. The number of aliphatic carboxylic acids is 1. The van der Waals surface area contributed by atoms with E-state index in [1.54, 1.807) is 18.2 Å². The topological polar surface area (TPSA) is 106 Å². The van der Waals surface area contributed by atoms with Gasteiger partial charge >= 0.3 is 5.97 Å². The van der Waals surface area contributed by atoms with Crippen LogP contribution in [0.5, 0.6) is 5.75 Å². The zero-order valence-corrected chi connectivity index (χ0v) is 25.9. The molecule has 2 aliphatic rings. The molecule has 0 bridgehead atoms. The average molecular weight is 595 g/mol. The number of carbonyl (C=O) groups is 2. The highest BCUT2D eigenvalue weighted by Crippen LogP contribution is 2.55. The molecule has 1 aliphatic carbocycles. The summed E-state index contributed by atoms with van der Waals surface area (Å²) in [5, 5.41) is 21.5. The van der Waals surface area contributed by atoms with E-state index < -0.39 is 5.97 Å². The normalized spacial score (nSPS) is 21.2. The molecule has 0 spiro atoms. The second-order valence-corrected chi connectivity index (χ2v) is 13.1. The molecular formula is C33H43ClN4O4. The summed E-state index contributed by atoms with van der Waals surface area (Å²) in [6.45, 7) is 13.3. The number of nitrogens with zero attached hydrogens (tertiary/aromatic N) is 3. The van der Waals surface area contributed by atoms with Crippen molar-refractivity contribution in [2.75, 3.05) is 37.6 Å². The Morgan fingerprint density at radius 1 is 1.00 bits per heavy atom. The molecule has 226 valence electrons. The fourth-order valence-corrected chi connectivity index (χ4v) is 7.04. The van der Waals surface area contributed by atoms with E-state index in [-0.39, 0.29) is 35.3 Å². The van der Waals surface area contributed by atoms with E-state index in [0.717, 1.165) is 64.1 Å². The van der Waals surface area contributed by atoms with Gasteiger partial charge in [0.25, 0.3) is 5.91 Å². The summed E-state index contributed by atoms with van der Waals surface area (Å²) in [6.07, 6.45) is 4.03. The van der Waals surface area contributed by atoms with Crippen molar-refractivity contribution in [2.24, 2.45) is 10.8 Å². The van der Waals surface area contributed by atoms with Crippen LogP contribution >= 0.6 is 11.6 Å². The van der Waals surface area contributed by atoms with Gasteiger partial charge in [-0.1, -0.05) is 52.1 Å². The van der Waals surface area contributed by atoms with E-state index in [4.69, 9.17) is 26.7 Å². The molecule has 2 aromatic carbocycles. The van der Waals surface area contributed by atoms with Crippen molar-refractivity contribution in [2.45, 2.75) is 71.9 Å². The van der Waals surface area contributed by atoms with Crippen LogP contribution in [0.1, 0.15) is 75.7 Å². The van der Waals surface area contributed by atoms with Crippen molar-refractivity contribution in [3.63, 3.8) is 0 Å². The van der Waals surface area contributed by atoms with Gasteiger partial charge in [-0.25, -0.2) is 0 Å². The molecule has 2 aromatic rings. The first-order valence-electron chi connectivity index (χ1n) is 14.9. The number of carboxylic acid groups (broad SMARTS) is 1. The molecule has 2 fully saturated rings. The predicted molar refractivity (Wildman–Crippen MR) is 165 cm³/mol. The van der Waals surface area contributed by atoms with Gasteiger partial charge in [-0.2, -0.15) is 5.26 Å². The van der Waals surface area contributed by atoms with Crippen molar-refractivity contribution < 1.29 is 19.4 Å². The second kappa shape index (κ2) is 13.4. The van der Waals surface area contributed by atoms with Crippen LogP contribution in [0.4, 0.5) is 5.69 Å². The first-order chi connectivity index (χ1) is 19.9. The van der Waals surface area contributed by atoms with Gasteiger partial charge < -0.3 is 20.1 Å². The molecule has 4 rings (SSSR count). The summed E-state index contributed by atoms with van der Waals surface area (Å²) in [4.78, 5) is 28.7. The largest absolute Gasteiger partial charge is 0.489 e. The summed E-state index contributed by atoms with van der Waals surface area (Å²) in [5.74, 6) is -0.196. The Morgan fingerprint density at radius 3 is 2.24 bits per heavy atom. The number of ether oxygens (including phenoxy) is 1. The van der Waals surface area contributed by atoms with Crippen LogP contribution in [-0.2, 0) is 4.79 Å². The van der Waals surface area contributed by atoms with Gasteiger partial charge in [0.05, 0.1) is 10.6 Å². The van der Waals surface area contributed by atoms with Crippen molar-refractivity contribution in [1.29, 1.82) is 5.26 Å². The van der Waals surface area contributed by atoms with Gasteiger partial charge in [-0.15, -0.1) is 0 Å². The van der Waals surface area contributed by atoms with E-state index >= 15 is 0 Å². The number of nitrogens with one attached hydrogen (secondary N) is 1. The third-order valence-corrected chi connectivity index (χ3v) is 9.22. The fourth-order valence-electron chi connectivity index (χ4n) is 6.83. The van der Waals surface area contributed by atoms with Crippen molar-refractivity contribution in [3.05, 3.63) is 58.6 Å². The molecule has 1 saturated carbocycles. The minimum atomic E-state index is -0.710. The van der Waals surface area contributed by atoms with Gasteiger partial charge in [-0.05, 0) is 55.8 Å². The molecule has 2 N–H and O–H groups in total. The number of carboxylic acids is 1. The molecule has 42 heavy (non-hydrogen) atoms. The molecule has 0 atom stereocenters. The zero-order chi connectivity index (χ0) is 30.5. The van der Waals surface area contributed by atoms with Gasteiger partial charge in [0.1, 0.15) is 17.9 Å². The van der Waals surface area contributed by atoms with E-state index in [2.05, 4.69) is 48.9 Å². The minimum Gasteiger partial charge on any atom is -0.489 e. The summed E-state index contributed by atoms with van der Waals surface area (Å²) in [5.41, 5.74) is 1.52. The molecule has 9 heteroatoms. The maximum absolute atomic E-state index is 13.3. The molecule has 0 aromatic heterocycles. The Labute approximate surface area is 254 Å². The average Bonchev–Trinajstić information content (AvgIpc) is 2.96. The van der Waals surface area contributed by atoms with E-state index in [9.17, 15) is 9.59 Å². The molecular weight excluding hydrogens is 552 g/mol. The van der Waals surface area contributed by atoms with Crippen LogP contribution < -0.4 is 15.0 Å². The third-order valence-electron chi connectivity index (χ3n) is 8.91. The molecule has 1 amide bonds. The summed E-state index contributed by atoms with van der Waals surface area (Å²) in [7, 11) is 0. The second-order valence-electron chi connectivity index (χ2n) is 12.7. The maximum Gasteiger partial charge on any atom is 0.303 e. The first kappa shape index (κ1) is 31.7. The van der Waals surface area contributed by atoms with Crippen LogP contribution in [0.3, 0.4) is 0 Å². The number of benzene rings is 2. The van der Waals surface area contributed by atoms with Crippen molar-refractivity contribution in [3.8, 4) is 11.8 Å². The highest BCUT2D eigenvalue weighted by molar-refractivity contribution is 6.31. The number of rotatable bonds is 12. The van der Waals surface area contributed by atoms with Crippen LogP contribution in [0.15, 0.2) is 42.5 Å². The molecule has 1 saturated heterocycles. The Bertz CT molecular complexity index is 1280. The quantitative estimate of drug-likeness (QED) is 0.291. The van der Waals surface area contributed by atoms with Gasteiger partial charge in [0.2, 0.25) is 0 Å². The van der Waals surface area contributed by atoms with Crippen molar-refractivity contribution in [1.82, 2.24) is 10.2 Å². The Balaban J connectivity index is 1.26. The number of hydrogen-bond donors (Lipinski definition) is 2. The number of piperazine rings is 1. The highest BCUT2D eigenvalue weighted by Gasteiger charge is 2.64. The Kier molecular flexibility index (Phi) is 10.1. The number of unbranched alkanes of at least 4 members (excludes halogenated alkanes) is 3. The number of carbonyl (C=O) groups excluding carboxylic acids is 1. The SMILES string of the molecule is CC1(C)C(NC(=O)c2ccc(N3CCN(CCCCCCC(=O)O)CC3)cc2)C(C)(C)C1Oc1ccc(C#N)c(Cl)c1. The Morgan fingerprint density at radius 2 is 1.64 bits per heavy atom. The standard InChI is InChI=1S/C33H43ClN4O4/c1-32(2)30(33(3,4)31(32)42-26-15-12-24(22-35)27(34)21-26)36-29(41)23-10-13-25(14-11-23)38-19-17-37(18-20-38)16-8-6-5-7-9-28(39)40/h10-15,21,30-31H,5-9,16-20H2,1-4H3,(H,36,41)(H,39,40). The van der Waals surface area contributed by atoms with Crippen LogP contribution in [0.25, 0.3) is 0 Å². The number of halogens is 1. The minimum absolute atomic E-state index is 0.0960. The van der Waals surface area contributed by atoms with Crippen LogP contribution in [0, 0.1) is 22.2 Å². The lowest BCUT2D eigenvalue weighted by Gasteiger charge is -2.63. The lowest BCUT2D eigenvalue weighted by atomic mass is 9.49. The monoisotopic (exact) mass is 594 g/mol. The smallest absolute Gasteiger partial charge is 0.303 e. The Hall–Kier alpha value is -3.28. The number of anilines is 1. The van der Waals surface area contributed by atoms with E-state index in [1.165, 1.54) is 0 Å². The number of hydrogen-bond acceptors (Lipinski definition) is 6. The third kappa shape index (κ3) is 7.19. The molecule has 8 nitrogen and oxygen atoms in total. The zero-order valence-electron chi connectivity index (χ0n) is 25.2. The maximum atomic E-state index is 13.3. The van der Waals surface area contributed by atoms with E-state index in [1.807, 2.05) is 24.3 Å². The van der Waals surface area contributed by atoms with Crippen LogP contribution in [0.2, 0.25) is 5.02 Å². The fraction of sp³-hybridized carbons (Fsp3) is 0.545. The molecule has 1 heterocycles. The van der Waals surface area contributed by atoms with Crippen molar-refractivity contribution >= 4 is 29.2 Å². The summed E-state index contributed by atoms with van der Waals surface area (Å²) >= 11 is 6.21. The molecule has 0 unspecified atom stereocenters. The van der Waals surface area contributed by atoms with Gasteiger partial charge in [0.15, 0.2) is 0 Å². The van der Waals surface area contributed by atoms with Gasteiger partial charge in [-0.3, -0.25) is 14.5 Å². The lowest BCUT2D eigenvalue weighted by Crippen LogP contribution is -2.74. The summed E-state index contributed by atoms with van der Waals surface area (Å²) < 4.78 is 6.34. The van der Waals surface area contributed by atoms with Gasteiger partial charge in [0, 0.05) is 66.8 Å². The number of amides is 1. The summed E-state index contributed by atoms with van der Waals surface area (Å²) in [6, 6.07) is 14.9. The number of nitriles is 1. The van der Waals surface area contributed by atoms with Crippen LogP contribution in [-0.4, -0.2) is 66.8 Å². The lowest BCUT2D eigenvalue weighted by molar-refractivity contribution is -0.164.